The number of rotatable bonds is 10. The van der Waals surface area contributed by atoms with Crippen LogP contribution in [0.3, 0.4) is 0 Å². The lowest BCUT2D eigenvalue weighted by Crippen LogP contribution is -2.09. The molecule has 0 heterocycles. The fourth-order valence-electron chi connectivity index (χ4n) is 1.45. The Balaban J connectivity index is 0.00000361. The Bertz CT molecular complexity index is 349. The molecule has 0 aliphatic heterocycles. The second kappa shape index (κ2) is 12.7. The van der Waals surface area contributed by atoms with Crippen LogP contribution in [0.1, 0.15) is 19.9 Å². The van der Waals surface area contributed by atoms with E-state index in [1.807, 2.05) is 37.3 Å². The number of aliphatic hydroxyl groups is 1. The highest BCUT2D eigenvalue weighted by Crippen LogP contribution is 2.12. The quantitative estimate of drug-likeness (QED) is 0.529. The minimum Gasteiger partial charge on any atom is -0.498 e. The molecule has 0 spiro atoms. The predicted molar refractivity (Wildman–Crippen MR) is 81.5 cm³/mol. The van der Waals surface area contributed by atoms with Crippen LogP contribution in [0, 0.1) is 0 Å². The average Bonchev–Trinajstić information content (AvgIpc) is 2.46. The van der Waals surface area contributed by atoms with E-state index in [0.29, 0.717) is 33.0 Å². The highest BCUT2D eigenvalue weighted by molar-refractivity contribution is 5.62. The van der Waals surface area contributed by atoms with Gasteiger partial charge in [0.1, 0.15) is 6.61 Å². The molecular formula is C16H26O4. The lowest BCUT2D eigenvalue weighted by Gasteiger charge is -2.06. The summed E-state index contributed by atoms with van der Waals surface area (Å²) in [5.41, 5.74) is 2.24. The highest BCUT2D eigenvalue weighted by atomic mass is 16.5. The topological polar surface area (TPSA) is 47.9 Å². The maximum Gasteiger partial charge on any atom is 0.111 e. The Morgan fingerprint density at radius 1 is 1.00 bits per heavy atom. The van der Waals surface area contributed by atoms with Crippen LogP contribution in [-0.4, -0.2) is 44.7 Å². The Hall–Kier alpha value is -1.36. The molecule has 0 amide bonds. The zero-order valence-corrected chi connectivity index (χ0v) is 11.4. The minimum absolute atomic E-state index is 0. The van der Waals surface area contributed by atoms with Crippen LogP contribution < -0.4 is 0 Å². The summed E-state index contributed by atoms with van der Waals surface area (Å²) in [4.78, 5) is 0. The molecule has 0 atom stereocenters. The monoisotopic (exact) mass is 282 g/mol. The van der Waals surface area contributed by atoms with Crippen molar-refractivity contribution in [1.82, 2.24) is 0 Å². The van der Waals surface area contributed by atoms with Crippen LogP contribution in [0.25, 0.3) is 5.57 Å². The second-order valence-electron chi connectivity index (χ2n) is 3.99. The van der Waals surface area contributed by atoms with Crippen molar-refractivity contribution in [1.29, 1.82) is 0 Å². The van der Waals surface area contributed by atoms with Crippen molar-refractivity contribution in [2.75, 3.05) is 39.6 Å². The molecule has 0 aliphatic rings. The summed E-state index contributed by atoms with van der Waals surface area (Å²) in [6.45, 7) is 4.49. The van der Waals surface area contributed by atoms with E-state index in [1.165, 1.54) is 0 Å². The van der Waals surface area contributed by atoms with E-state index in [1.54, 1.807) is 6.26 Å². The lowest BCUT2D eigenvalue weighted by molar-refractivity contribution is 0.0204. The molecule has 0 bridgehead atoms. The van der Waals surface area contributed by atoms with E-state index < -0.39 is 0 Å². The molecular weight excluding hydrogens is 256 g/mol. The third kappa shape index (κ3) is 8.69. The van der Waals surface area contributed by atoms with Crippen LogP contribution in [-0.2, 0) is 14.2 Å². The normalized spacial score (nSPS) is 11.0. The molecule has 1 aromatic rings. The Morgan fingerprint density at radius 2 is 1.60 bits per heavy atom. The van der Waals surface area contributed by atoms with Gasteiger partial charge in [-0.1, -0.05) is 37.8 Å². The van der Waals surface area contributed by atoms with Gasteiger partial charge in [0, 0.05) is 0 Å². The SMILES string of the molecule is C.C/C(=C\OCCOCCOCCO)c1ccccc1. The number of benzene rings is 1. The maximum atomic E-state index is 8.49. The first-order valence-corrected chi connectivity index (χ1v) is 6.44. The van der Waals surface area contributed by atoms with Gasteiger partial charge in [-0.3, -0.25) is 0 Å². The van der Waals surface area contributed by atoms with Gasteiger partial charge in [0.25, 0.3) is 0 Å². The fraction of sp³-hybridized carbons (Fsp3) is 0.500. The number of aliphatic hydroxyl groups excluding tert-OH is 1. The molecule has 20 heavy (non-hydrogen) atoms. The van der Waals surface area contributed by atoms with Crippen LogP contribution >= 0.6 is 0 Å². The summed E-state index contributed by atoms with van der Waals surface area (Å²) in [5, 5.41) is 8.49. The lowest BCUT2D eigenvalue weighted by atomic mass is 10.1. The zero-order valence-electron chi connectivity index (χ0n) is 11.4. The van der Waals surface area contributed by atoms with E-state index in [4.69, 9.17) is 19.3 Å². The number of hydrogen-bond donors (Lipinski definition) is 1. The van der Waals surface area contributed by atoms with Gasteiger partial charge in [0.2, 0.25) is 0 Å². The van der Waals surface area contributed by atoms with Crippen LogP contribution in [0.4, 0.5) is 0 Å². The molecule has 4 heteroatoms. The maximum absolute atomic E-state index is 8.49. The van der Waals surface area contributed by atoms with Gasteiger partial charge in [-0.2, -0.15) is 0 Å². The molecule has 0 fully saturated rings. The van der Waals surface area contributed by atoms with Crippen molar-refractivity contribution in [2.24, 2.45) is 0 Å². The summed E-state index contributed by atoms with van der Waals surface area (Å²) in [6.07, 6.45) is 1.75. The molecule has 4 nitrogen and oxygen atoms in total. The summed E-state index contributed by atoms with van der Waals surface area (Å²) >= 11 is 0. The smallest absolute Gasteiger partial charge is 0.111 e. The first kappa shape index (κ1) is 18.6. The van der Waals surface area contributed by atoms with Crippen LogP contribution in [0.2, 0.25) is 0 Å². The molecule has 114 valence electrons. The molecule has 0 aliphatic carbocycles. The molecule has 1 N–H and O–H groups in total. The van der Waals surface area contributed by atoms with Crippen molar-refractivity contribution in [3.8, 4) is 0 Å². The molecule has 1 rings (SSSR count). The summed E-state index contributed by atoms with van der Waals surface area (Å²) < 4.78 is 15.8. The molecule has 0 saturated carbocycles. The third-order valence-electron chi connectivity index (χ3n) is 2.44. The fourth-order valence-corrected chi connectivity index (χ4v) is 1.45. The summed E-state index contributed by atoms with van der Waals surface area (Å²) in [6, 6.07) is 10.1. The van der Waals surface area contributed by atoms with Crippen molar-refractivity contribution in [3.63, 3.8) is 0 Å². The van der Waals surface area contributed by atoms with Gasteiger partial charge in [0.15, 0.2) is 0 Å². The van der Waals surface area contributed by atoms with Gasteiger partial charge < -0.3 is 19.3 Å². The molecule has 0 aromatic heterocycles. The summed E-state index contributed by atoms with van der Waals surface area (Å²) in [5.74, 6) is 0. The Kier molecular flexibility index (Phi) is 11.8. The van der Waals surface area contributed by atoms with Crippen molar-refractivity contribution in [2.45, 2.75) is 14.4 Å². The standard InChI is InChI=1S/C15H22O4.CH4/c1-14(15-5-3-2-4-6-15)13-19-12-11-18-10-9-17-8-7-16;/h2-6,13,16H,7-12H2,1H3;1H4/b14-13+;. The molecule has 0 unspecified atom stereocenters. The van der Waals surface area contributed by atoms with Gasteiger partial charge in [0.05, 0.1) is 39.3 Å². The van der Waals surface area contributed by atoms with Gasteiger partial charge in [-0.15, -0.1) is 0 Å². The van der Waals surface area contributed by atoms with Gasteiger partial charge >= 0.3 is 0 Å². The van der Waals surface area contributed by atoms with Gasteiger partial charge in [-0.05, 0) is 18.1 Å². The minimum atomic E-state index is 0. The third-order valence-corrected chi connectivity index (χ3v) is 2.44. The zero-order chi connectivity index (χ0) is 13.8. The number of ether oxygens (including phenoxy) is 3. The van der Waals surface area contributed by atoms with Crippen molar-refractivity contribution in [3.05, 3.63) is 42.2 Å². The van der Waals surface area contributed by atoms with E-state index >= 15 is 0 Å². The molecule has 0 saturated heterocycles. The van der Waals surface area contributed by atoms with Crippen LogP contribution in [0.15, 0.2) is 36.6 Å². The van der Waals surface area contributed by atoms with Crippen molar-refractivity contribution < 1.29 is 19.3 Å². The van der Waals surface area contributed by atoms with Gasteiger partial charge in [-0.25, -0.2) is 0 Å². The van der Waals surface area contributed by atoms with Crippen LogP contribution in [0.5, 0.6) is 0 Å². The molecule has 0 radical (unpaired) electrons. The second-order valence-corrected chi connectivity index (χ2v) is 3.99. The van der Waals surface area contributed by atoms with Crippen molar-refractivity contribution >= 4 is 5.57 Å². The summed E-state index contributed by atoms with van der Waals surface area (Å²) in [7, 11) is 0. The van der Waals surface area contributed by atoms with E-state index in [9.17, 15) is 0 Å². The number of allylic oxidation sites excluding steroid dienone is 1. The Labute approximate surface area is 122 Å². The number of hydrogen-bond acceptors (Lipinski definition) is 4. The average molecular weight is 282 g/mol. The first-order valence-electron chi connectivity index (χ1n) is 6.44. The Morgan fingerprint density at radius 3 is 2.25 bits per heavy atom. The first-order chi connectivity index (χ1) is 9.34. The largest absolute Gasteiger partial charge is 0.498 e. The van der Waals surface area contributed by atoms with E-state index in [2.05, 4.69) is 0 Å². The predicted octanol–water partition coefficient (Wildman–Crippen LogP) is 2.73. The highest BCUT2D eigenvalue weighted by Gasteiger charge is 1.94. The van der Waals surface area contributed by atoms with E-state index in [-0.39, 0.29) is 14.0 Å². The molecule has 1 aromatic carbocycles. The van der Waals surface area contributed by atoms with E-state index in [0.717, 1.165) is 11.1 Å².